The Morgan fingerprint density at radius 1 is 1.12 bits per heavy atom. The molecule has 0 saturated heterocycles. The number of carbonyl (C=O) groups is 1. The van der Waals surface area contributed by atoms with E-state index in [0.717, 1.165) is 35.4 Å². The van der Waals surface area contributed by atoms with E-state index in [-0.39, 0.29) is 5.91 Å². The molecule has 0 aliphatic heterocycles. The third-order valence-corrected chi connectivity index (χ3v) is 4.22. The minimum Gasteiger partial charge on any atom is -0.352 e. The van der Waals surface area contributed by atoms with E-state index in [2.05, 4.69) is 46.1 Å². The first-order chi connectivity index (χ1) is 11.6. The van der Waals surface area contributed by atoms with Crippen molar-refractivity contribution in [2.45, 2.75) is 33.6 Å². The smallest absolute Gasteiger partial charge is 0.251 e. The van der Waals surface area contributed by atoms with Gasteiger partial charge in [-0.15, -0.1) is 0 Å². The number of nitrogens with zero attached hydrogens (tertiary/aromatic N) is 2. The second-order valence-electron chi connectivity index (χ2n) is 5.97. The third-order valence-electron chi connectivity index (χ3n) is 4.22. The molecule has 4 nitrogen and oxygen atoms in total. The van der Waals surface area contributed by atoms with E-state index in [9.17, 15) is 4.79 Å². The molecule has 0 bridgehead atoms. The van der Waals surface area contributed by atoms with Crippen LogP contribution in [0.2, 0.25) is 0 Å². The molecule has 124 valence electrons. The zero-order chi connectivity index (χ0) is 17.1. The molecule has 1 heterocycles. The Bertz CT molecular complexity index is 862. The van der Waals surface area contributed by atoms with Crippen molar-refractivity contribution < 1.29 is 4.79 Å². The molecule has 0 fully saturated rings. The van der Waals surface area contributed by atoms with Crippen LogP contribution < -0.4 is 5.32 Å². The highest BCUT2D eigenvalue weighted by Crippen LogP contribution is 2.23. The zero-order valence-corrected chi connectivity index (χ0v) is 14.5. The summed E-state index contributed by atoms with van der Waals surface area (Å²) in [6.45, 7) is 6.87. The van der Waals surface area contributed by atoms with Gasteiger partial charge >= 0.3 is 0 Å². The number of benzene rings is 2. The van der Waals surface area contributed by atoms with E-state index in [4.69, 9.17) is 0 Å². The van der Waals surface area contributed by atoms with Gasteiger partial charge in [-0.05, 0) is 55.7 Å². The summed E-state index contributed by atoms with van der Waals surface area (Å²) in [5.74, 6) is 0.874. The first-order valence-corrected chi connectivity index (χ1v) is 8.50. The van der Waals surface area contributed by atoms with Crippen LogP contribution in [0.5, 0.6) is 0 Å². The second kappa shape index (κ2) is 6.87. The van der Waals surface area contributed by atoms with Crippen molar-refractivity contribution in [1.29, 1.82) is 0 Å². The molecule has 0 aliphatic rings. The molecular formula is C20H23N3O. The summed E-state index contributed by atoms with van der Waals surface area (Å²) < 4.78 is 2.13. The maximum absolute atomic E-state index is 12.1. The molecule has 0 radical (unpaired) electrons. The number of rotatable bonds is 5. The Labute approximate surface area is 142 Å². The summed E-state index contributed by atoms with van der Waals surface area (Å²) >= 11 is 0. The van der Waals surface area contributed by atoms with Crippen LogP contribution in [-0.4, -0.2) is 22.0 Å². The van der Waals surface area contributed by atoms with Crippen molar-refractivity contribution >= 4 is 16.9 Å². The minimum absolute atomic E-state index is 0.0433. The molecule has 3 aromatic rings. The lowest BCUT2D eigenvalue weighted by atomic mass is 10.1. The molecule has 1 N–H and O–H groups in total. The van der Waals surface area contributed by atoms with Gasteiger partial charge in [0, 0.05) is 17.8 Å². The Balaban J connectivity index is 2.00. The van der Waals surface area contributed by atoms with Crippen LogP contribution >= 0.6 is 0 Å². The average molecular weight is 321 g/mol. The van der Waals surface area contributed by atoms with Gasteiger partial charge in [0.05, 0.1) is 11.0 Å². The number of amides is 1. The highest BCUT2D eigenvalue weighted by molar-refractivity contribution is 5.97. The fourth-order valence-corrected chi connectivity index (χ4v) is 2.89. The molecule has 0 unspecified atom stereocenters. The normalized spacial score (nSPS) is 11.0. The SMILES string of the molecule is CCCNC(=O)c1ccc2c(c1)nc(C)n2-c1ccc(CC)cc1. The molecule has 4 heteroatoms. The van der Waals surface area contributed by atoms with E-state index in [0.29, 0.717) is 12.1 Å². The molecule has 0 aliphatic carbocycles. The molecular weight excluding hydrogens is 298 g/mol. The highest BCUT2D eigenvalue weighted by Gasteiger charge is 2.12. The predicted octanol–water partition coefficient (Wildman–Crippen LogP) is 4.04. The van der Waals surface area contributed by atoms with E-state index in [1.54, 1.807) is 0 Å². The number of hydrogen-bond donors (Lipinski definition) is 1. The Kier molecular flexibility index (Phi) is 4.65. The van der Waals surface area contributed by atoms with E-state index in [1.807, 2.05) is 32.0 Å². The van der Waals surface area contributed by atoms with Crippen molar-refractivity contribution in [3.05, 3.63) is 59.4 Å². The third kappa shape index (κ3) is 3.04. The second-order valence-corrected chi connectivity index (χ2v) is 5.97. The summed E-state index contributed by atoms with van der Waals surface area (Å²) in [7, 11) is 0. The van der Waals surface area contributed by atoms with E-state index >= 15 is 0 Å². The summed E-state index contributed by atoms with van der Waals surface area (Å²) in [4.78, 5) is 16.8. The van der Waals surface area contributed by atoms with Gasteiger partial charge in [0.1, 0.15) is 5.82 Å². The highest BCUT2D eigenvalue weighted by atomic mass is 16.1. The quantitative estimate of drug-likeness (QED) is 0.771. The maximum Gasteiger partial charge on any atom is 0.251 e. The molecule has 24 heavy (non-hydrogen) atoms. The Morgan fingerprint density at radius 3 is 2.54 bits per heavy atom. The largest absolute Gasteiger partial charge is 0.352 e. The van der Waals surface area contributed by atoms with Crippen LogP contribution in [0.15, 0.2) is 42.5 Å². The number of nitrogens with one attached hydrogen (secondary N) is 1. The predicted molar refractivity (Wildman–Crippen MR) is 97.8 cm³/mol. The summed E-state index contributed by atoms with van der Waals surface area (Å²) in [5.41, 5.74) is 4.92. The average Bonchev–Trinajstić information content (AvgIpc) is 2.94. The van der Waals surface area contributed by atoms with Gasteiger partial charge in [-0.2, -0.15) is 0 Å². The summed E-state index contributed by atoms with van der Waals surface area (Å²) in [6, 6.07) is 14.2. The van der Waals surface area contributed by atoms with Gasteiger partial charge < -0.3 is 5.32 Å². The zero-order valence-electron chi connectivity index (χ0n) is 14.5. The van der Waals surface area contributed by atoms with Crippen molar-refractivity contribution in [2.75, 3.05) is 6.54 Å². The van der Waals surface area contributed by atoms with Crippen LogP contribution in [0.4, 0.5) is 0 Å². The monoisotopic (exact) mass is 321 g/mol. The fraction of sp³-hybridized carbons (Fsp3) is 0.300. The lowest BCUT2D eigenvalue weighted by Gasteiger charge is -2.08. The lowest BCUT2D eigenvalue weighted by Crippen LogP contribution is -2.23. The number of hydrogen-bond acceptors (Lipinski definition) is 2. The van der Waals surface area contributed by atoms with Gasteiger partial charge in [-0.25, -0.2) is 4.98 Å². The van der Waals surface area contributed by atoms with Crippen LogP contribution in [0.25, 0.3) is 16.7 Å². The van der Waals surface area contributed by atoms with Gasteiger partial charge in [0.25, 0.3) is 5.91 Å². The summed E-state index contributed by atoms with van der Waals surface area (Å²) in [5, 5.41) is 2.91. The molecule has 0 spiro atoms. The van der Waals surface area contributed by atoms with Crippen LogP contribution in [0, 0.1) is 6.92 Å². The number of imidazole rings is 1. The van der Waals surface area contributed by atoms with E-state index < -0.39 is 0 Å². The summed E-state index contributed by atoms with van der Waals surface area (Å²) in [6.07, 6.45) is 1.95. The number of aromatic nitrogens is 2. The molecule has 2 aromatic carbocycles. The van der Waals surface area contributed by atoms with Crippen molar-refractivity contribution in [3.63, 3.8) is 0 Å². The van der Waals surface area contributed by atoms with Crippen LogP contribution in [0.3, 0.4) is 0 Å². The van der Waals surface area contributed by atoms with Crippen LogP contribution in [-0.2, 0) is 6.42 Å². The van der Waals surface area contributed by atoms with Gasteiger partial charge in [0.2, 0.25) is 0 Å². The first-order valence-electron chi connectivity index (χ1n) is 8.50. The lowest BCUT2D eigenvalue weighted by molar-refractivity contribution is 0.0954. The van der Waals surface area contributed by atoms with Crippen molar-refractivity contribution in [1.82, 2.24) is 14.9 Å². The van der Waals surface area contributed by atoms with E-state index in [1.165, 1.54) is 5.56 Å². The van der Waals surface area contributed by atoms with Crippen molar-refractivity contribution in [2.24, 2.45) is 0 Å². The first kappa shape index (κ1) is 16.2. The standard InChI is InChI=1S/C20H23N3O/c1-4-12-21-20(24)16-8-11-19-18(13-16)22-14(3)23(19)17-9-6-15(5-2)7-10-17/h6-11,13H,4-5,12H2,1-3H3,(H,21,24). The van der Waals surface area contributed by atoms with Crippen LogP contribution in [0.1, 0.15) is 42.0 Å². The molecule has 0 saturated carbocycles. The van der Waals surface area contributed by atoms with Gasteiger partial charge in [-0.3, -0.25) is 9.36 Å². The molecule has 1 amide bonds. The van der Waals surface area contributed by atoms with Gasteiger partial charge in [0.15, 0.2) is 0 Å². The number of fused-ring (bicyclic) bond motifs is 1. The molecule has 3 rings (SSSR count). The van der Waals surface area contributed by atoms with Crippen molar-refractivity contribution in [3.8, 4) is 5.69 Å². The Morgan fingerprint density at radius 2 is 1.88 bits per heavy atom. The van der Waals surface area contributed by atoms with Gasteiger partial charge in [-0.1, -0.05) is 26.0 Å². The molecule has 0 atom stereocenters. The number of carbonyl (C=O) groups excluding carboxylic acids is 1. The maximum atomic E-state index is 12.1. The minimum atomic E-state index is -0.0433. The number of aryl methyl sites for hydroxylation is 2. The topological polar surface area (TPSA) is 46.9 Å². The molecule has 1 aromatic heterocycles. The fourth-order valence-electron chi connectivity index (χ4n) is 2.89. The Hall–Kier alpha value is -2.62.